The Morgan fingerprint density at radius 1 is 1.12 bits per heavy atom. The highest BCUT2D eigenvalue weighted by Crippen LogP contribution is 2.37. The van der Waals surface area contributed by atoms with Crippen LogP contribution in [0, 0.1) is 6.92 Å². The molecule has 0 atom stereocenters. The number of hydrogen-bond donors (Lipinski definition) is 1. The predicted octanol–water partition coefficient (Wildman–Crippen LogP) is 3.62. The molecular weight excluding hydrogens is 326 g/mol. The summed E-state index contributed by atoms with van der Waals surface area (Å²) in [6.07, 6.45) is 3.81. The van der Waals surface area contributed by atoms with Crippen LogP contribution in [0.1, 0.15) is 43.6 Å². The molecule has 0 fully saturated rings. The van der Waals surface area contributed by atoms with E-state index in [4.69, 9.17) is 19.7 Å². The number of aryl methyl sites for hydroxylation is 3. The summed E-state index contributed by atoms with van der Waals surface area (Å²) in [5.41, 5.74) is 5.31. The Kier molecular flexibility index (Phi) is 5.30. The lowest BCUT2D eigenvalue weighted by molar-refractivity contribution is 0.397. The maximum Gasteiger partial charge on any atom is 0.257 e. The van der Waals surface area contributed by atoms with Gasteiger partial charge in [0.15, 0.2) is 5.82 Å². The molecule has 0 spiro atoms. The number of nitrogens with zero attached hydrogens (tertiary/aromatic N) is 4. The summed E-state index contributed by atoms with van der Waals surface area (Å²) in [6.45, 7) is 6.47. The Bertz CT molecular complexity index is 799. The van der Waals surface area contributed by atoms with Crippen molar-refractivity contribution in [2.24, 2.45) is 0 Å². The van der Waals surface area contributed by atoms with Gasteiger partial charge in [-0.05, 0) is 44.2 Å². The molecule has 3 rings (SSSR count). The largest absolute Gasteiger partial charge is 0.478 e. The van der Waals surface area contributed by atoms with Crippen LogP contribution in [0.5, 0.6) is 5.88 Å². The molecule has 0 saturated heterocycles. The molecule has 26 heavy (non-hydrogen) atoms. The molecule has 0 amide bonds. The Morgan fingerprint density at radius 2 is 1.81 bits per heavy atom. The number of hydrogen-bond acceptors (Lipinski definition) is 6. The summed E-state index contributed by atoms with van der Waals surface area (Å²) in [7, 11) is 5.69. The first-order valence-corrected chi connectivity index (χ1v) is 9.38. The van der Waals surface area contributed by atoms with Crippen LogP contribution in [0.25, 0.3) is 11.3 Å². The lowest BCUT2D eigenvalue weighted by Crippen LogP contribution is -2.21. The Labute approximate surface area is 156 Å². The number of pyridine rings is 1. The first-order valence-electron chi connectivity index (χ1n) is 9.38. The summed E-state index contributed by atoms with van der Waals surface area (Å²) in [5.74, 6) is 2.29. The molecule has 6 nitrogen and oxygen atoms in total. The SMILES string of the molecule is CCC(CC)Nc1nc2c(nc1OC)-c1c(C)cc(N(C)C)nc1CC2. The summed E-state index contributed by atoms with van der Waals surface area (Å²) >= 11 is 0. The summed E-state index contributed by atoms with van der Waals surface area (Å²) in [5, 5.41) is 3.49. The molecule has 2 aromatic rings. The number of anilines is 2. The lowest BCUT2D eigenvalue weighted by Gasteiger charge is -2.24. The number of fused-ring (bicyclic) bond motifs is 3. The molecular formula is C20H29N5O. The average molecular weight is 355 g/mol. The Morgan fingerprint density at radius 3 is 2.42 bits per heavy atom. The summed E-state index contributed by atoms with van der Waals surface area (Å²) < 4.78 is 5.55. The van der Waals surface area contributed by atoms with Gasteiger partial charge in [0.2, 0.25) is 0 Å². The summed E-state index contributed by atoms with van der Waals surface area (Å²) in [4.78, 5) is 16.6. The van der Waals surface area contributed by atoms with Crippen LogP contribution in [0.4, 0.5) is 11.6 Å². The molecule has 0 unspecified atom stereocenters. The Balaban J connectivity index is 2.08. The quantitative estimate of drug-likeness (QED) is 0.854. The van der Waals surface area contributed by atoms with Gasteiger partial charge >= 0.3 is 0 Å². The van der Waals surface area contributed by atoms with Crippen LogP contribution in [-0.2, 0) is 12.8 Å². The van der Waals surface area contributed by atoms with Gasteiger partial charge in [0.25, 0.3) is 5.88 Å². The fourth-order valence-corrected chi connectivity index (χ4v) is 3.44. The maximum absolute atomic E-state index is 5.55. The van der Waals surface area contributed by atoms with Gasteiger partial charge in [-0.25, -0.2) is 15.0 Å². The van der Waals surface area contributed by atoms with E-state index in [1.165, 1.54) is 5.56 Å². The minimum atomic E-state index is 0.373. The summed E-state index contributed by atoms with van der Waals surface area (Å²) in [6, 6.07) is 2.48. The van der Waals surface area contributed by atoms with Gasteiger partial charge in [-0.2, -0.15) is 0 Å². The van der Waals surface area contributed by atoms with Crippen molar-refractivity contribution in [2.75, 3.05) is 31.4 Å². The van der Waals surface area contributed by atoms with Crippen molar-refractivity contribution in [1.82, 2.24) is 15.0 Å². The first-order chi connectivity index (χ1) is 12.5. The molecule has 1 aliphatic rings. The van der Waals surface area contributed by atoms with Crippen molar-refractivity contribution in [3.05, 3.63) is 23.0 Å². The van der Waals surface area contributed by atoms with E-state index in [2.05, 4.69) is 32.2 Å². The molecule has 0 radical (unpaired) electrons. The minimum absolute atomic E-state index is 0.373. The van der Waals surface area contributed by atoms with Gasteiger partial charge in [0.1, 0.15) is 5.82 Å². The second-order valence-corrected chi connectivity index (χ2v) is 7.05. The normalized spacial score (nSPS) is 12.6. The second-order valence-electron chi connectivity index (χ2n) is 7.05. The predicted molar refractivity (Wildman–Crippen MR) is 106 cm³/mol. The van der Waals surface area contributed by atoms with Crippen LogP contribution in [0.2, 0.25) is 0 Å². The van der Waals surface area contributed by atoms with E-state index in [1.807, 2.05) is 19.0 Å². The van der Waals surface area contributed by atoms with E-state index in [-0.39, 0.29) is 0 Å². The second kappa shape index (κ2) is 7.48. The van der Waals surface area contributed by atoms with Crippen molar-refractivity contribution < 1.29 is 4.74 Å². The van der Waals surface area contributed by atoms with Gasteiger partial charge in [-0.15, -0.1) is 0 Å². The highest BCUT2D eigenvalue weighted by molar-refractivity contribution is 5.73. The Hall–Kier alpha value is -2.37. The average Bonchev–Trinajstić information content (AvgIpc) is 2.64. The van der Waals surface area contributed by atoms with E-state index >= 15 is 0 Å². The fraction of sp³-hybridized carbons (Fsp3) is 0.550. The molecule has 0 bridgehead atoms. The molecule has 2 heterocycles. The number of nitrogens with one attached hydrogen (secondary N) is 1. The maximum atomic E-state index is 5.55. The highest BCUT2D eigenvalue weighted by atomic mass is 16.5. The molecule has 1 N–H and O–H groups in total. The lowest BCUT2D eigenvalue weighted by atomic mass is 9.92. The van der Waals surface area contributed by atoms with Crippen LogP contribution in [0.15, 0.2) is 6.07 Å². The molecule has 2 aromatic heterocycles. The zero-order valence-corrected chi connectivity index (χ0v) is 16.7. The zero-order valence-electron chi connectivity index (χ0n) is 16.7. The van der Waals surface area contributed by atoms with E-state index in [1.54, 1.807) is 7.11 Å². The molecule has 0 aliphatic heterocycles. The van der Waals surface area contributed by atoms with Gasteiger partial charge in [-0.1, -0.05) is 13.8 Å². The zero-order chi connectivity index (χ0) is 18.8. The topological polar surface area (TPSA) is 63.2 Å². The van der Waals surface area contributed by atoms with Gasteiger partial charge in [-0.3, -0.25) is 0 Å². The standard InChI is InChI=1S/C20H29N5O/c1-7-13(8-2)21-19-20(26-6)24-18-15(23-19)10-9-14-17(18)12(3)11-16(22-14)25(4)5/h11,13H,7-10H2,1-6H3,(H,21,23). The van der Waals surface area contributed by atoms with Crippen molar-refractivity contribution in [3.63, 3.8) is 0 Å². The van der Waals surface area contributed by atoms with Gasteiger partial charge < -0.3 is 15.0 Å². The molecule has 6 heteroatoms. The van der Waals surface area contributed by atoms with Crippen molar-refractivity contribution in [1.29, 1.82) is 0 Å². The molecule has 140 valence electrons. The third kappa shape index (κ3) is 3.32. The van der Waals surface area contributed by atoms with Crippen LogP contribution < -0.4 is 15.0 Å². The van der Waals surface area contributed by atoms with Gasteiger partial charge in [0.05, 0.1) is 24.2 Å². The minimum Gasteiger partial charge on any atom is -0.478 e. The van der Waals surface area contributed by atoms with Crippen molar-refractivity contribution >= 4 is 11.6 Å². The number of ether oxygens (including phenoxy) is 1. The van der Waals surface area contributed by atoms with E-state index < -0.39 is 0 Å². The number of aromatic nitrogens is 3. The van der Waals surface area contributed by atoms with Crippen LogP contribution in [-0.4, -0.2) is 42.2 Å². The molecule has 0 saturated carbocycles. The third-order valence-corrected chi connectivity index (χ3v) is 5.03. The monoisotopic (exact) mass is 355 g/mol. The van der Waals surface area contributed by atoms with E-state index in [0.29, 0.717) is 11.9 Å². The van der Waals surface area contributed by atoms with Gasteiger partial charge in [0, 0.05) is 25.7 Å². The van der Waals surface area contributed by atoms with Crippen LogP contribution in [0.3, 0.4) is 0 Å². The number of rotatable bonds is 6. The molecule has 0 aromatic carbocycles. The molecule has 1 aliphatic carbocycles. The first kappa shape index (κ1) is 18.4. The van der Waals surface area contributed by atoms with Crippen LogP contribution >= 0.6 is 0 Å². The van der Waals surface area contributed by atoms with Crippen molar-refractivity contribution in [2.45, 2.75) is 52.5 Å². The van der Waals surface area contributed by atoms with E-state index in [9.17, 15) is 0 Å². The van der Waals surface area contributed by atoms with E-state index in [0.717, 1.165) is 60.0 Å². The third-order valence-electron chi connectivity index (χ3n) is 5.03. The van der Waals surface area contributed by atoms with Crippen molar-refractivity contribution in [3.8, 4) is 17.1 Å². The highest BCUT2D eigenvalue weighted by Gasteiger charge is 2.26. The number of methoxy groups -OCH3 is 1. The fourth-order valence-electron chi connectivity index (χ4n) is 3.44. The smallest absolute Gasteiger partial charge is 0.257 e.